The second kappa shape index (κ2) is 4.95. The molecule has 1 aromatic carbocycles. The molecule has 0 saturated heterocycles. The molecule has 0 amide bonds. The molecule has 1 aromatic heterocycles. The summed E-state index contributed by atoms with van der Waals surface area (Å²) in [5, 5.41) is 0.611. The summed E-state index contributed by atoms with van der Waals surface area (Å²) in [7, 11) is 0. The van der Waals surface area contributed by atoms with Gasteiger partial charge in [0.2, 0.25) is 0 Å². The van der Waals surface area contributed by atoms with E-state index in [0.29, 0.717) is 29.6 Å². The van der Waals surface area contributed by atoms with E-state index in [1.54, 1.807) is 11.5 Å². The Balaban J connectivity index is 2.24. The number of carbonyl (C=O) groups is 1. The van der Waals surface area contributed by atoms with Crippen LogP contribution < -0.4 is 5.56 Å². The fourth-order valence-corrected chi connectivity index (χ4v) is 3.11. The van der Waals surface area contributed by atoms with Gasteiger partial charge in [0.05, 0.1) is 16.9 Å². The normalized spacial score (nSPS) is 19.2. The first-order valence-corrected chi connectivity index (χ1v) is 7.17. The average molecular weight is 282 g/mol. The lowest BCUT2D eigenvalue weighted by Gasteiger charge is -2.25. The van der Waals surface area contributed by atoms with Gasteiger partial charge >= 0.3 is 0 Å². The molecule has 1 unspecified atom stereocenters. The molecule has 4 heteroatoms. The monoisotopic (exact) mass is 282 g/mol. The summed E-state index contributed by atoms with van der Waals surface area (Å²) >= 11 is 0. The molecule has 0 aliphatic heterocycles. The Labute approximate surface area is 123 Å². The van der Waals surface area contributed by atoms with Gasteiger partial charge in [0.25, 0.3) is 5.56 Å². The number of hydrogen-bond acceptors (Lipinski definition) is 3. The van der Waals surface area contributed by atoms with Gasteiger partial charge in [-0.1, -0.05) is 24.3 Å². The summed E-state index contributed by atoms with van der Waals surface area (Å²) in [5.41, 5.74) is 2.43. The number of aryl methyl sites for hydroxylation is 2. The number of allylic oxidation sites excluding steroid dienone is 1. The van der Waals surface area contributed by atoms with E-state index in [2.05, 4.69) is 11.6 Å². The van der Waals surface area contributed by atoms with E-state index in [1.165, 1.54) is 0 Å². The predicted molar refractivity (Wildman–Crippen MR) is 82.5 cm³/mol. The number of fused-ring (bicyclic) bond motifs is 1. The second-order valence-electron chi connectivity index (χ2n) is 5.75. The van der Waals surface area contributed by atoms with Gasteiger partial charge in [0, 0.05) is 6.42 Å². The van der Waals surface area contributed by atoms with Gasteiger partial charge < -0.3 is 0 Å². The Bertz CT molecular complexity index is 817. The molecule has 0 N–H and O–H groups in total. The number of carbonyl (C=O) groups excluding carboxylic acids is 1. The molecule has 1 saturated carbocycles. The summed E-state index contributed by atoms with van der Waals surface area (Å²) < 4.78 is 1.57. The van der Waals surface area contributed by atoms with Gasteiger partial charge in [-0.15, -0.1) is 0 Å². The Hall–Kier alpha value is -2.23. The zero-order chi connectivity index (χ0) is 15.1. The first-order chi connectivity index (χ1) is 9.99. The van der Waals surface area contributed by atoms with Crippen LogP contribution >= 0.6 is 0 Å². The maximum Gasteiger partial charge on any atom is 0.262 e. The van der Waals surface area contributed by atoms with Crippen LogP contribution in [0, 0.1) is 13.8 Å². The molecule has 21 heavy (non-hydrogen) atoms. The van der Waals surface area contributed by atoms with Gasteiger partial charge in [0.15, 0.2) is 5.78 Å². The van der Waals surface area contributed by atoms with Gasteiger partial charge in [-0.3, -0.25) is 14.2 Å². The topological polar surface area (TPSA) is 52.0 Å². The fraction of sp³-hybridized carbons (Fsp3) is 0.353. The highest BCUT2D eigenvalue weighted by molar-refractivity contribution is 5.87. The van der Waals surface area contributed by atoms with E-state index in [9.17, 15) is 9.59 Å². The highest BCUT2D eigenvalue weighted by atomic mass is 16.1. The smallest absolute Gasteiger partial charge is 0.262 e. The summed E-state index contributed by atoms with van der Waals surface area (Å²) in [6.45, 7) is 7.57. The number of aromatic nitrogens is 2. The van der Waals surface area contributed by atoms with Crippen molar-refractivity contribution in [3.63, 3.8) is 0 Å². The lowest BCUT2D eigenvalue weighted by molar-refractivity contribution is -0.122. The van der Waals surface area contributed by atoms with Crippen molar-refractivity contribution in [2.45, 2.75) is 39.2 Å². The minimum absolute atomic E-state index is 0.0613. The van der Waals surface area contributed by atoms with Crippen molar-refractivity contribution in [1.82, 2.24) is 9.55 Å². The molecule has 1 aliphatic rings. The van der Waals surface area contributed by atoms with Crippen LogP contribution in [0.15, 0.2) is 35.1 Å². The van der Waals surface area contributed by atoms with Crippen molar-refractivity contribution in [1.29, 1.82) is 0 Å². The summed E-state index contributed by atoms with van der Waals surface area (Å²) in [4.78, 5) is 29.6. The molecule has 1 atom stereocenters. The van der Waals surface area contributed by atoms with Crippen molar-refractivity contribution in [3.05, 3.63) is 52.1 Å². The maximum absolute atomic E-state index is 12.8. The molecule has 108 valence electrons. The summed E-state index contributed by atoms with van der Waals surface area (Å²) in [6, 6.07) is 5.23. The Kier molecular flexibility index (Phi) is 3.24. The van der Waals surface area contributed by atoms with E-state index >= 15 is 0 Å². The molecule has 0 spiro atoms. The van der Waals surface area contributed by atoms with Crippen LogP contribution in [0.2, 0.25) is 0 Å². The van der Waals surface area contributed by atoms with Gasteiger partial charge in [0.1, 0.15) is 5.82 Å². The van der Waals surface area contributed by atoms with E-state index < -0.39 is 6.04 Å². The van der Waals surface area contributed by atoms with Crippen LogP contribution in [-0.2, 0) is 4.79 Å². The van der Waals surface area contributed by atoms with E-state index in [4.69, 9.17) is 0 Å². The van der Waals surface area contributed by atoms with Crippen LogP contribution in [-0.4, -0.2) is 15.3 Å². The number of hydrogen-bond donors (Lipinski definition) is 0. The SMILES string of the molecule is C=C1CCC(n2c(C)nc3cccc(C)c3c2=O)C(=O)C1. The largest absolute Gasteiger partial charge is 0.297 e. The number of ketones is 1. The van der Waals surface area contributed by atoms with Gasteiger partial charge in [-0.2, -0.15) is 0 Å². The highest BCUT2D eigenvalue weighted by Gasteiger charge is 2.28. The molecular weight excluding hydrogens is 264 g/mol. The van der Waals surface area contributed by atoms with Gasteiger partial charge in [-0.05, 0) is 38.3 Å². The molecule has 4 nitrogen and oxygen atoms in total. The lowest BCUT2D eigenvalue weighted by Crippen LogP contribution is -2.34. The molecular formula is C17H18N2O2. The predicted octanol–water partition coefficient (Wildman–Crippen LogP) is 2.86. The van der Waals surface area contributed by atoms with Gasteiger partial charge in [-0.25, -0.2) is 4.98 Å². The van der Waals surface area contributed by atoms with Crippen LogP contribution in [0.25, 0.3) is 10.9 Å². The lowest BCUT2D eigenvalue weighted by atomic mass is 9.90. The fourth-order valence-electron chi connectivity index (χ4n) is 3.11. The Morgan fingerprint density at radius 2 is 2.05 bits per heavy atom. The molecule has 1 heterocycles. The van der Waals surface area contributed by atoms with Crippen LogP contribution in [0.3, 0.4) is 0 Å². The number of benzene rings is 1. The van der Waals surface area contributed by atoms with Crippen molar-refractivity contribution in [2.75, 3.05) is 0 Å². The second-order valence-corrected chi connectivity index (χ2v) is 5.75. The van der Waals surface area contributed by atoms with E-state index in [0.717, 1.165) is 17.6 Å². The average Bonchev–Trinajstić information content (AvgIpc) is 2.40. The number of nitrogens with zero attached hydrogens (tertiary/aromatic N) is 2. The number of Topliss-reactive ketones (excluding diaryl/α,β-unsaturated/α-hetero) is 1. The van der Waals surface area contributed by atoms with E-state index in [1.807, 2.05) is 25.1 Å². The summed E-state index contributed by atoms with van der Waals surface area (Å²) in [5.74, 6) is 0.662. The molecule has 0 radical (unpaired) electrons. The van der Waals surface area contributed by atoms with Crippen molar-refractivity contribution >= 4 is 16.7 Å². The molecule has 2 aromatic rings. The molecule has 0 bridgehead atoms. The third-order valence-corrected chi connectivity index (χ3v) is 4.19. The van der Waals surface area contributed by atoms with Crippen LogP contribution in [0.1, 0.15) is 36.7 Å². The molecule has 1 fully saturated rings. The van der Waals surface area contributed by atoms with Crippen LogP contribution in [0.5, 0.6) is 0 Å². The van der Waals surface area contributed by atoms with Crippen molar-refractivity contribution in [2.24, 2.45) is 0 Å². The minimum Gasteiger partial charge on any atom is -0.297 e. The first kappa shape index (κ1) is 13.7. The standard InChI is InChI=1S/C17H18N2O2/c1-10-7-8-14(15(20)9-10)19-12(3)18-13-6-4-5-11(2)16(13)17(19)21/h4-6,14H,1,7-9H2,2-3H3. The third-order valence-electron chi connectivity index (χ3n) is 4.19. The number of rotatable bonds is 1. The highest BCUT2D eigenvalue weighted by Crippen LogP contribution is 2.28. The quantitative estimate of drug-likeness (QED) is 0.756. The summed E-state index contributed by atoms with van der Waals surface area (Å²) in [6.07, 6.45) is 1.79. The zero-order valence-corrected chi connectivity index (χ0v) is 12.3. The maximum atomic E-state index is 12.8. The first-order valence-electron chi connectivity index (χ1n) is 7.17. The zero-order valence-electron chi connectivity index (χ0n) is 12.3. The third kappa shape index (κ3) is 2.20. The van der Waals surface area contributed by atoms with E-state index in [-0.39, 0.29) is 11.3 Å². The Morgan fingerprint density at radius 1 is 1.29 bits per heavy atom. The molecule has 3 rings (SSSR count). The molecule has 1 aliphatic carbocycles. The van der Waals surface area contributed by atoms with Crippen molar-refractivity contribution < 1.29 is 4.79 Å². The Morgan fingerprint density at radius 3 is 2.76 bits per heavy atom. The van der Waals surface area contributed by atoms with Crippen molar-refractivity contribution in [3.8, 4) is 0 Å². The van der Waals surface area contributed by atoms with Crippen LogP contribution in [0.4, 0.5) is 0 Å². The minimum atomic E-state index is -0.403.